The van der Waals surface area contributed by atoms with Crippen LogP contribution < -0.4 is 5.32 Å². The molecule has 0 saturated carbocycles. The van der Waals surface area contributed by atoms with Crippen LogP contribution in [0.15, 0.2) is 37.1 Å². The fourth-order valence-electron chi connectivity index (χ4n) is 9.20. The van der Waals surface area contributed by atoms with Gasteiger partial charge in [-0.05, 0) is 98.5 Å². The number of methoxy groups -OCH3 is 1. The van der Waals surface area contributed by atoms with E-state index < -0.39 is 83.2 Å². The molecule has 2 aliphatic rings. The lowest BCUT2D eigenvalue weighted by Crippen LogP contribution is -2.62. The SMILES string of the molecule is CC.CC[C@H]1OC(=O)C(C)C(=O)[C@H](C)[C@@H](OC2OC(C)CC(N(C)C)[C@H]2O)[C@](C)(OC)C[C@@H](C)C(=O)CC(C)C(NCCCCn2cnc(-c3cccnc3)c2)[C@]1(C)OC(C)=O. The normalized spacial score (nSPS) is 34.1. The van der Waals surface area contributed by atoms with Gasteiger partial charge in [0.1, 0.15) is 23.9 Å². The van der Waals surface area contributed by atoms with Gasteiger partial charge in [-0.15, -0.1) is 0 Å². The number of aliphatic hydroxyl groups excluding tert-OH is 1. The average molecular weight is 872 g/mol. The fraction of sp³-hybridized carbons (Fsp3) is 0.745. The molecule has 0 aliphatic carbocycles. The first kappa shape index (κ1) is 52.7. The number of hydrogen-bond acceptors (Lipinski definition) is 14. The number of nitrogens with zero attached hydrogens (tertiary/aromatic N) is 4. The molecule has 62 heavy (non-hydrogen) atoms. The molecular weight excluding hydrogens is 795 g/mol. The summed E-state index contributed by atoms with van der Waals surface area (Å²) in [5, 5.41) is 15.1. The van der Waals surface area contributed by atoms with Gasteiger partial charge < -0.3 is 43.6 Å². The Morgan fingerprint density at radius 2 is 1.79 bits per heavy atom. The smallest absolute Gasteiger partial charge is 0.316 e. The van der Waals surface area contributed by atoms with E-state index in [-0.39, 0.29) is 37.2 Å². The lowest BCUT2D eigenvalue weighted by atomic mass is 9.75. The predicted molar refractivity (Wildman–Crippen MR) is 237 cm³/mol. The molecule has 2 saturated heterocycles. The maximum Gasteiger partial charge on any atom is 0.316 e. The second-order valence-electron chi connectivity index (χ2n) is 17.8. The number of ether oxygens (including phenoxy) is 5. The molecule has 2 aromatic rings. The minimum atomic E-state index is -1.42. The highest BCUT2D eigenvalue weighted by molar-refractivity contribution is 6.00. The first-order valence-corrected chi connectivity index (χ1v) is 22.6. The Kier molecular flexibility index (Phi) is 20.3. The number of carbonyl (C=O) groups excluding carboxylic acids is 4. The van der Waals surface area contributed by atoms with E-state index in [0.29, 0.717) is 13.0 Å². The highest BCUT2D eigenvalue weighted by atomic mass is 16.7. The molecule has 2 aromatic heterocycles. The fourth-order valence-corrected chi connectivity index (χ4v) is 9.20. The lowest BCUT2D eigenvalue weighted by molar-refractivity contribution is -0.295. The Balaban J connectivity index is 0.00000504. The number of aryl methyl sites for hydroxylation is 1. The number of aliphatic hydroxyl groups is 1. The number of rotatable bonds is 13. The first-order chi connectivity index (χ1) is 29.3. The van der Waals surface area contributed by atoms with Crippen LogP contribution in [0.25, 0.3) is 11.3 Å². The molecule has 0 radical (unpaired) electrons. The lowest BCUT2D eigenvalue weighted by Gasteiger charge is -2.46. The molecule has 6 unspecified atom stereocenters. The first-order valence-electron chi connectivity index (χ1n) is 22.6. The summed E-state index contributed by atoms with van der Waals surface area (Å²) in [6.07, 6.45) is 5.50. The van der Waals surface area contributed by atoms with Gasteiger partial charge in [0.05, 0.1) is 35.9 Å². The zero-order valence-corrected chi connectivity index (χ0v) is 39.9. The van der Waals surface area contributed by atoms with Crippen LogP contribution >= 0.6 is 0 Å². The Morgan fingerprint density at radius 1 is 1.10 bits per heavy atom. The summed E-state index contributed by atoms with van der Waals surface area (Å²) in [6, 6.07) is 2.93. The topological polar surface area (TPSA) is 181 Å². The summed E-state index contributed by atoms with van der Waals surface area (Å²) in [6.45, 7) is 20.7. The van der Waals surface area contributed by atoms with Crippen molar-refractivity contribution in [2.45, 2.75) is 175 Å². The van der Waals surface area contributed by atoms with E-state index >= 15 is 0 Å². The Morgan fingerprint density at radius 3 is 2.39 bits per heavy atom. The Bertz CT molecular complexity index is 1730. The third-order valence-corrected chi connectivity index (χ3v) is 12.7. The molecule has 15 nitrogen and oxygen atoms in total. The zero-order chi connectivity index (χ0) is 46.5. The van der Waals surface area contributed by atoms with Gasteiger partial charge in [-0.1, -0.05) is 41.5 Å². The summed E-state index contributed by atoms with van der Waals surface area (Å²) in [5.74, 6) is -5.05. The molecule has 0 aromatic carbocycles. The van der Waals surface area contributed by atoms with Crippen molar-refractivity contribution in [3.8, 4) is 11.3 Å². The van der Waals surface area contributed by atoms with Crippen LogP contribution in [0, 0.1) is 23.7 Å². The second-order valence-corrected chi connectivity index (χ2v) is 17.8. The molecule has 4 heterocycles. The number of Topliss-reactive ketones (excluding diaryl/α,β-unsaturated/α-hetero) is 2. The maximum absolute atomic E-state index is 14.4. The number of unbranched alkanes of at least 4 members (excludes halogenated alkanes) is 1. The molecule has 350 valence electrons. The molecule has 2 fully saturated rings. The van der Waals surface area contributed by atoms with Crippen LogP contribution in [-0.4, -0.2) is 130 Å². The summed E-state index contributed by atoms with van der Waals surface area (Å²) in [4.78, 5) is 66.3. The third kappa shape index (κ3) is 13.2. The van der Waals surface area contributed by atoms with Crippen molar-refractivity contribution in [1.82, 2.24) is 24.8 Å². The van der Waals surface area contributed by atoms with E-state index in [1.807, 2.05) is 83.4 Å². The van der Waals surface area contributed by atoms with Crippen molar-refractivity contribution in [2.24, 2.45) is 23.7 Å². The van der Waals surface area contributed by atoms with E-state index in [9.17, 15) is 24.3 Å². The molecule has 2 aliphatic heterocycles. The van der Waals surface area contributed by atoms with Gasteiger partial charge in [0.25, 0.3) is 0 Å². The zero-order valence-electron chi connectivity index (χ0n) is 39.9. The van der Waals surface area contributed by atoms with E-state index in [2.05, 4.69) is 15.3 Å². The van der Waals surface area contributed by atoms with Gasteiger partial charge in [-0.3, -0.25) is 24.2 Å². The number of ketones is 2. The molecule has 15 heteroatoms. The number of nitrogens with one attached hydrogen (secondary N) is 1. The number of hydrogen-bond donors (Lipinski definition) is 2. The number of carbonyl (C=O) groups is 4. The van der Waals surface area contributed by atoms with Gasteiger partial charge in [0.2, 0.25) is 0 Å². The van der Waals surface area contributed by atoms with Crippen LogP contribution in [0.5, 0.6) is 0 Å². The van der Waals surface area contributed by atoms with Crippen LogP contribution in [0.2, 0.25) is 0 Å². The Hall–Kier alpha value is -3.60. The molecule has 13 atom stereocenters. The number of cyclic esters (lactones) is 1. The van der Waals surface area contributed by atoms with Crippen LogP contribution in [-0.2, 0) is 49.4 Å². The van der Waals surface area contributed by atoms with Gasteiger partial charge in [0.15, 0.2) is 17.7 Å². The number of imidazole rings is 1. The second kappa shape index (κ2) is 23.9. The van der Waals surface area contributed by atoms with Crippen LogP contribution in [0.1, 0.15) is 115 Å². The quantitative estimate of drug-likeness (QED) is 0.135. The van der Waals surface area contributed by atoms with Crippen molar-refractivity contribution in [3.05, 3.63) is 37.1 Å². The maximum atomic E-state index is 14.4. The number of likely N-dealkylation sites (N-methyl/N-ethyl adjacent to an activating group) is 1. The highest BCUT2D eigenvalue weighted by Gasteiger charge is 2.52. The van der Waals surface area contributed by atoms with E-state index in [0.717, 1.165) is 30.6 Å². The molecular formula is C47H77N5O10. The van der Waals surface area contributed by atoms with Crippen LogP contribution in [0.4, 0.5) is 0 Å². The van der Waals surface area contributed by atoms with Crippen molar-refractivity contribution in [2.75, 3.05) is 27.7 Å². The van der Waals surface area contributed by atoms with Crippen molar-refractivity contribution < 1.29 is 48.0 Å². The summed E-state index contributed by atoms with van der Waals surface area (Å²) < 4.78 is 33.3. The van der Waals surface area contributed by atoms with Crippen LogP contribution in [0.3, 0.4) is 0 Å². The monoisotopic (exact) mass is 872 g/mol. The highest BCUT2D eigenvalue weighted by Crippen LogP contribution is 2.38. The van der Waals surface area contributed by atoms with Gasteiger partial charge in [-0.25, -0.2) is 4.98 Å². The minimum Gasteiger partial charge on any atom is -0.458 e. The third-order valence-electron chi connectivity index (χ3n) is 12.7. The number of aromatic nitrogens is 3. The van der Waals surface area contributed by atoms with E-state index in [1.165, 1.54) is 21.0 Å². The van der Waals surface area contributed by atoms with Gasteiger partial charge in [-0.2, -0.15) is 0 Å². The molecule has 0 bridgehead atoms. The number of esters is 2. The van der Waals surface area contributed by atoms with Crippen molar-refractivity contribution in [3.63, 3.8) is 0 Å². The van der Waals surface area contributed by atoms with E-state index in [4.69, 9.17) is 23.7 Å². The van der Waals surface area contributed by atoms with Gasteiger partial charge in [0, 0.05) is 69.0 Å². The molecule has 0 spiro atoms. The molecule has 0 amide bonds. The standard InChI is InChI=1S/C45H71N5O10.C2H6/c1-13-37-45(9,60-32(7)51)40(47-19-14-15-20-50-25-34(48-26-50)33-17-16-18-46-24-33)27(2)21-36(52)28(3)23-44(8,56-12)41(30(5)38(53)31(6)42(55)58-37)59-43-39(54)35(49(10)11)22-29(4)57-43;1-2/h16-18,24-31,35,37,39-41,43,47,54H,13-15,19-23H2,1-12H3;1-2H3/t27?,28-,29?,30+,31?,35?,37-,39-,40?,41-,43?,44-,45-;/m1./s1. The minimum absolute atomic E-state index is 0.0615. The predicted octanol–water partition coefficient (Wildman–Crippen LogP) is 6.05. The summed E-state index contributed by atoms with van der Waals surface area (Å²) in [5.41, 5.74) is -0.882. The summed E-state index contributed by atoms with van der Waals surface area (Å²) >= 11 is 0. The average Bonchev–Trinajstić information content (AvgIpc) is 3.72. The molecule has 2 N–H and O–H groups in total. The number of pyridine rings is 1. The van der Waals surface area contributed by atoms with E-state index in [1.54, 1.807) is 39.5 Å². The van der Waals surface area contributed by atoms with Crippen molar-refractivity contribution >= 4 is 23.5 Å². The molecule has 4 rings (SSSR count). The van der Waals surface area contributed by atoms with Gasteiger partial charge >= 0.3 is 11.9 Å². The van der Waals surface area contributed by atoms with Crippen molar-refractivity contribution in [1.29, 1.82) is 0 Å². The summed E-state index contributed by atoms with van der Waals surface area (Å²) in [7, 11) is 5.25. The Labute approximate surface area is 370 Å². The largest absolute Gasteiger partial charge is 0.458 e.